The van der Waals surface area contributed by atoms with Crippen LogP contribution in [0, 0.1) is 0 Å². The first-order chi connectivity index (χ1) is 12.2. The number of aliphatic hydroxyl groups excluding tert-OH is 1. The lowest BCUT2D eigenvalue weighted by atomic mass is 10.1. The lowest BCUT2D eigenvalue weighted by Crippen LogP contribution is -2.13. The monoisotopic (exact) mass is 352 g/mol. The molecule has 0 aliphatic rings. The number of rotatable bonds is 4. The van der Waals surface area contributed by atoms with Crippen molar-refractivity contribution in [2.75, 3.05) is 5.32 Å². The van der Waals surface area contributed by atoms with Crippen LogP contribution < -0.4 is 5.32 Å². The Balaban J connectivity index is 1.71. The molecule has 1 unspecified atom stereocenters. The number of hydrogen-bond donors (Lipinski definition) is 2. The fraction of sp³-hybridized carbons (Fsp3) is 0.0588. The summed E-state index contributed by atoms with van der Waals surface area (Å²) in [6.07, 6.45) is 5.12. The molecule has 124 valence electrons. The minimum Gasteiger partial charge on any atom is -0.368 e. The van der Waals surface area contributed by atoms with E-state index < -0.39 is 6.23 Å². The molecule has 0 aliphatic heterocycles. The maximum absolute atomic E-state index is 10.3. The van der Waals surface area contributed by atoms with Gasteiger partial charge in [0.25, 0.3) is 0 Å². The quantitative estimate of drug-likeness (QED) is 0.549. The Morgan fingerprint density at radius 1 is 1.04 bits per heavy atom. The number of halogens is 1. The van der Waals surface area contributed by atoms with Crippen LogP contribution in [-0.4, -0.2) is 29.7 Å². The molecule has 4 aromatic rings. The van der Waals surface area contributed by atoms with E-state index >= 15 is 0 Å². The minimum absolute atomic E-state index is 0.403. The van der Waals surface area contributed by atoms with Gasteiger partial charge in [0.1, 0.15) is 5.69 Å². The Labute approximate surface area is 148 Å². The van der Waals surface area contributed by atoms with Crippen molar-refractivity contribution in [2.24, 2.45) is 0 Å². The summed E-state index contributed by atoms with van der Waals surface area (Å²) >= 11 is 6.25. The van der Waals surface area contributed by atoms with Gasteiger partial charge in [0.05, 0.1) is 23.1 Å². The van der Waals surface area contributed by atoms with E-state index in [9.17, 15) is 5.11 Å². The summed E-state index contributed by atoms with van der Waals surface area (Å²) in [6, 6.07) is 11.2. The molecule has 0 amide bonds. The van der Waals surface area contributed by atoms with Crippen molar-refractivity contribution >= 4 is 23.1 Å². The second-order valence-electron chi connectivity index (χ2n) is 5.29. The highest BCUT2D eigenvalue weighted by Crippen LogP contribution is 2.26. The van der Waals surface area contributed by atoms with E-state index in [1.54, 1.807) is 16.9 Å². The second kappa shape index (κ2) is 6.46. The van der Waals surface area contributed by atoms with Gasteiger partial charge in [0.15, 0.2) is 17.7 Å². The molecule has 7 nitrogen and oxygen atoms in total. The van der Waals surface area contributed by atoms with E-state index in [-0.39, 0.29) is 0 Å². The maximum atomic E-state index is 10.3. The van der Waals surface area contributed by atoms with Gasteiger partial charge < -0.3 is 10.4 Å². The highest BCUT2D eigenvalue weighted by atomic mass is 35.5. The van der Waals surface area contributed by atoms with Crippen molar-refractivity contribution < 1.29 is 5.11 Å². The zero-order chi connectivity index (χ0) is 17.2. The first-order valence-corrected chi connectivity index (χ1v) is 7.90. The smallest absolute Gasteiger partial charge is 0.170 e. The molecule has 8 heteroatoms. The zero-order valence-electron chi connectivity index (χ0n) is 12.9. The van der Waals surface area contributed by atoms with Gasteiger partial charge in [-0.25, -0.2) is 4.98 Å². The van der Waals surface area contributed by atoms with Crippen molar-refractivity contribution in [2.45, 2.75) is 6.23 Å². The number of benzene rings is 1. The summed E-state index contributed by atoms with van der Waals surface area (Å²) < 4.78 is 1.61. The van der Waals surface area contributed by atoms with Crippen LogP contribution >= 0.6 is 11.6 Å². The van der Waals surface area contributed by atoms with Crippen LogP contribution in [0.5, 0.6) is 0 Å². The minimum atomic E-state index is -1.03. The SMILES string of the molecule is OC(Nc1cnc2ccc(-c3ccccc3Cl)nn12)c1cnccn1. The molecule has 1 atom stereocenters. The number of nitrogens with one attached hydrogen (secondary N) is 1. The molecule has 0 bridgehead atoms. The summed E-state index contributed by atoms with van der Waals surface area (Å²) in [5.41, 5.74) is 2.57. The molecule has 0 spiro atoms. The standard InChI is InChI=1S/C17H13ClN6O/c18-12-4-2-1-3-11(12)13-5-6-15-21-10-16(24(15)23-13)22-17(25)14-9-19-7-8-20-14/h1-10,17,22,25H. The Morgan fingerprint density at radius 3 is 2.72 bits per heavy atom. The predicted molar refractivity (Wildman–Crippen MR) is 94.0 cm³/mol. The molecule has 1 aromatic carbocycles. The van der Waals surface area contributed by atoms with Gasteiger partial charge in [-0.3, -0.25) is 9.97 Å². The van der Waals surface area contributed by atoms with Crippen LogP contribution in [0.2, 0.25) is 5.02 Å². The van der Waals surface area contributed by atoms with E-state index in [0.29, 0.717) is 27.9 Å². The summed E-state index contributed by atoms with van der Waals surface area (Å²) in [5, 5.41) is 18.4. The number of aromatic nitrogens is 5. The van der Waals surface area contributed by atoms with Crippen LogP contribution in [0.1, 0.15) is 11.9 Å². The molecule has 0 saturated carbocycles. The van der Waals surface area contributed by atoms with E-state index in [4.69, 9.17) is 11.6 Å². The molecule has 0 radical (unpaired) electrons. The average Bonchev–Trinajstić information content (AvgIpc) is 3.05. The van der Waals surface area contributed by atoms with E-state index in [0.717, 1.165) is 5.56 Å². The maximum Gasteiger partial charge on any atom is 0.170 e. The molecule has 0 fully saturated rings. The molecule has 3 aromatic heterocycles. The first-order valence-electron chi connectivity index (χ1n) is 7.52. The van der Waals surface area contributed by atoms with Crippen molar-refractivity contribution in [3.63, 3.8) is 0 Å². The van der Waals surface area contributed by atoms with Gasteiger partial charge in [-0.2, -0.15) is 9.61 Å². The molecule has 4 rings (SSSR count). The number of fused-ring (bicyclic) bond motifs is 1. The molecular formula is C17H13ClN6O. The first kappa shape index (κ1) is 15.5. The van der Waals surface area contributed by atoms with Crippen LogP contribution in [0.4, 0.5) is 5.82 Å². The summed E-state index contributed by atoms with van der Waals surface area (Å²) in [6.45, 7) is 0. The molecule has 3 heterocycles. The third-order valence-electron chi connectivity index (χ3n) is 3.66. The van der Waals surface area contributed by atoms with Crippen LogP contribution in [0.3, 0.4) is 0 Å². The third kappa shape index (κ3) is 3.02. The average molecular weight is 353 g/mol. The number of aliphatic hydroxyl groups is 1. The highest BCUT2D eigenvalue weighted by molar-refractivity contribution is 6.33. The summed E-state index contributed by atoms with van der Waals surface area (Å²) in [5.74, 6) is 0.530. The lowest BCUT2D eigenvalue weighted by Gasteiger charge is -2.12. The van der Waals surface area contributed by atoms with E-state index in [1.807, 2.05) is 36.4 Å². The van der Waals surface area contributed by atoms with Crippen LogP contribution in [0.15, 0.2) is 61.2 Å². The zero-order valence-corrected chi connectivity index (χ0v) is 13.7. The fourth-order valence-electron chi connectivity index (χ4n) is 2.45. The number of anilines is 1. The Morgan fingerprint density at radius 2 is 1.92 bits per heavy atom. The van der Waals surface area contributed by atoms with E-state index in [2.05, 4.69) is 25.4 Å². The number of nitrogens with zero attached hydrogens (tertiary/aromatic N) is 5. The fourth-order valence-corrected chi connectivity index (χ4v) is 2.68. The van der Waals surface area contributed by atoms with Gasteiger partial charge in [0, 0.05) is 18.0 Å². The van der Waals surface area contributed by atoms with Gasteiger partial charge in [-0.1, -0.05) is 29.8 Å². The molecule has 2 N–H and O–H groups in total. The van der Waals surface area contributed by atoms with Crippen molar-refractivity contribution in [3.05, 3.63) is 71.9 Å². The Bertz CT molecular complexity index is 1020. The number of imidazole rings is 1. The summed E-state index contributed by atoms with van der Waals surface area (Å²) in [7, 11) is 0. The van der Waals surface area contributed by atoms with Crippen LogP contribution in [0.25, 0.3) is 16.9 Å². The van der Waals surface area contributed by atoms with Crippen LogP contribution in [-0.2, 0) is 0 Å². The highest BCUT2D eigenvalue weighted by Gasteiger charge is 2.13. The number of hydrogen-bond acceptors (Lipinski definition) is 6. The van der Waals surface area contributed by atoms with Gasteiger partial charge in [0.2, 0.25) is 0 Å². The predicted octanol–water partition coefficient (Wildman–Crippen LogP) is 2.94. The van der Waals surface area contributed by atoms with Crippen molar-refractivity contribution in [1.29, 1.82) is 0 Å². The van der Waals surface area contributed by atoms with E-state index in [1.165, 1.54) is 12.4 Å². The van der Waals surface area contributed by atoms with Crippen molar-refractivity contribution in [3.8, 4) is 11.3 Å². The molecule has 25 heavy (non-hydrogen) atoms. The summed E-state index contributed by atoms with van der Waals surface area (Å²) in [4.78, 5) is 12.3. The lowest BCUT2D eigenvalue weighted by molar-refractivity contribution is 0.202. The molecular weight excluding hydrogens is 340 g/mol. The topological polar surface area (TPSA) is 88.2 Å². The third-order valence-corrected chi connectivity index (χ3v) is 3.99. The molecule has 0 saturated heterocycles. The second-order valence-corrected chi connectivity index (χ2v) is 5.70. The van der Waals surface area contributed by atoms with Crippen molar-refractivity contribution in [1.82, 2.24) is 24.6 Å². The van der Waals surface area contributed by atoms with Gasteiger partial charge in [-0.05, 0) is 18.2 Å². The largest absolute Gasteiger partial charge is 0.368 e. The molecule has 0 aliphatic carbocycles. The Kier molecular flexibility index (Phi) is 4.01. The Hall–Kier alpha value is -3.03. The van der Waals surface area contributed by atoms with Gasteiger partial charge >= 0.3 is 0 Å². The van der Waals surface area contributed by atoms with Gasteiger partial charge in [-0.15, -0.1) is 0 Å². The normalized spacial score (nSPS) is 12.2.